The Kier molecular flexibility index (Phi) is 4.11. The Balaban J connectivity index is 2.33. The van der Waals surface area contributed by atoms with Gasteiger partial charge in [0.2, 0.25) is 0 Å². The Labute approximate surface area is 113 Å². The number of carbonyl (C=O) groups excluding carboxylic acids is 1. The second-order valence-electron chi connectivity index (χ2n) is 5.72. The Bertz CT molecular complexity index is 424. The van der Waals surface area contributed by atoms with E-state index in [0.717, 1.165) is 11.1 Å². The van der Waals surface area contributed by atoms with Crippen LogP contribution in [-0.4, -0.2) is 34.5 Å². The molecule has 1 heterocycles. The summed E-state index contributed by atoms with van der Waals surface area (Å²) in [5.41, 5.74) is 1.66. The number of hydrogen-bond acceptors (Lipinski definition) is 4. The van der Waals surface area contributed by atoms with E-state index >= 15 is 0 Å². The molecule has 5 unspecified atom stereocenters. The highest BCUT2D eigenvalue weighted by molar-refractivity contribution is 5.75. The molecule has 0 saturated carbocycles. The van der Waals surface area contributed by atoms with Crippen molar-refractivity contribution >= 4 is 5.97 Å². The number of carbonyl (C=O) groups is 1. The average molecular weight is 266 g/mol. The minimum Gasteiger partial charge on any atom is -0.458 e. The molecule has 1 fully saturated rings. The number of fused-ring (bicyclic) bond motifs is 1. The second kappa shape index (κ2) is 5.47. The van der Waals surface area contributed by atoms with Crippen LogP contribution in [-0.2, 0) is 9.53 Å². The van der Waals surface area contributed by atoms with Gasteiger partial charge in [-0.05, 0) is 43.9 Å². The van der Waals surface area contributed by atoms with Gasteiger partial charge in [0.1, 0.15) is 6.10 Å². The van der Waals surface area contributed by atoms with E-state index in [1.165, 1.54) is 0 Å². The van der Waals surface area contributed by atoms with Crippen molar-refractivity contribution in [1.82, 2.24) is 0 Å². The van der Waals surface area contributed by atoms with E-state index in [0.29, 0.717) is 12.8 Å². The molecule has 4 heteroatoms. The summed E-state index contributed by atoms with van der Waals surface area (Å²) in [6, 6.07) is 0. The van der Waals surface area contributed by atoms with Crippen LogP contribution >= 0.6 is 0 Å². The first-order valence-electron chi connectivity index (χ1n) is 6.81. The lowest BCUT2D eigenvalue weighted by Gasteiger charge is -2.24. The van der Waals surface area contributed by atoms with Gasteiger partial charge in [-0.3, -0.25) is 4.79 Å². The lowest BCUT2D eigenvalue weighted by molar-refractivity contribution is -0.142. The van der Waals surface area contributed by atoms with Crippen molar-refractivity contribution in [3.63, 3.8) is 0 Å². The van der Waals surface area contributed by atoms with Gasteiger partial charge in [0.05, 0.1) is 18.1 Å². The van der Waals surface area contributed by atoms with Gasteiger partial charge in [-0.15, -0.1) is 0 Å². The van der Waals surface area contributed by atoms with Crippen LogP contribution in [0.4, 0.5) is 0 Å². The fourth-order valence-corrected chi connectivity index (χ4v) is 2.72. The van der Waals surface area contributed by atoms with Crippen molar-refractivity contribution in [3.8, 4) is 0 Å². The molecule has 0 aromatic rings. The maximum Gasteiger partial charge on any atom is 0.309 e. The van der Waals surface area contributed by atoms with Crippen molar-refractivity contribution in [3.05, 3.63) is 23.3 Å². The van der Waals surface area contributed by atoms with Crippen molar-refractivity contribution in [1.29, 1.82) is 0 Å². The van der Waals surface area contributed by atoms with Crippen molar-refractivity contribution < 1.29 is 19.7 Å². The molecule has 19 heavy (non-hydrogen) atoms. The first-order chi connectivity index (χ1) is 8.90. The normalized spacial score (nSPS) is 40.1. The van der Waals surface area contributed by atoms with Crippen LogP contribution in [0.25, 0.3) is 0 Å². The summed E-state index contributed by atoms with van der Waals surface area (Å²) in [4.78, 5) is 11.7. The molecule has 0 bridgehead atoms. The number of ether oxygens (including phenoxy) is 1. The zero-order chi connectivity index (χ0) is 14.2. The van der Waals surface area contributed by atoms with E-state index in [1.54, 1.807) is 0 Å². The Morgan fingerprint density at radius 2 is 1.89 bits per heavy atom. The van der Waals surface area contributed by atoms with E-state index in [1.807, 2.05) is 32.9 Å². The molecule has 0 amide bonds. The van der Waals surface area contributed by atoms with Gasteiger partial charge < -0.3 is 14.9 Å². The molecule has 1 aliphatic carbocycles. The third-order valence-corrected chi connectivity index (χ3v) is 4.33. The van der Waals surface area contributed by atoms with Gasteiger partial charge in [0.25, 0.3) is 0 Å². The van der Waals surface area contributed by atoms with Crippen LogP contribution in [0.2, 0.25) is 0 Å². The summed E-state index contributed by atoms with van der Waals surface area (Å²) >= 11 is 0. The van der Waals surface area contributed by atoms with Crippen LogP contribution in [0.3, 0.4) is 0 Å². The predicted octanol–water partition coefficient (Wildman–Crippen LogP) is 1.57. The molecular formula is C15H22O4. The van der Waals surface area contributed by atoms with E-state index in [4.69, 9.17) is 4.74 Å². The van der Waals surface area contributed by atoms with Crippen molar-refractivity contribution in [2.45, 2.75) is 51.9 Å². The van der Waals surface area contributed by atoms with Crippen molar-refractivity contribution in [2.75, 3.05) is 0 Å². The lowest BCUT2D eigenvalue weighted by Crippen LogP contribution is -2.26. The molecule has 2 N–H and O–H groups in total. The molecule has 2 aliphatic rings. The van der Waals surface area contributed by atoms with Crippen LogP contribution in [0.5, 0.6) is 0 Å². The van der Waals surface area contributed by atoms with Crippen LogP contribution in [0.15, 0.2) is 23.3 Å². The average Bonchev–Trinajstić information content (AvgIpc) is 2.62. The maximum absolute atomic E-state index is 11.7. The summed E-state index contributed by atoms with van der Waals surface area (Å²) in [6.07, 6.45) is 3.19. The molecule has 1 aliphatic heterocycles. The Hall–Kier alpha value is -1.13. The number of aliphatic hydroxyl groups excluding tert-OH is 2. The van der Waals surface area contributed by atoms with Gasteiger partial charge in [0.15, 0.2) is 0 Å². The van der Waals surface area contributed by atoms with E-state index in [-0.39, 0.29) is 23.9 Å². The molecule has 1 saturated heterocycles. The summed E-state index contributed by atoms with van der Waals surface area (Å²) in [5, 5.41) is 20.2. The Morgan fingerprint density at radius 3 is 2.58 bits per heavy atom. The van der Waals surface area contributed by atoms with Crippen LogP contribution < -0.4 is 0 Å². The van der Waals surface area contributed by atoms with Crippen molar-refractivity contribution in [2.24, 2.45) is 11.8 Å². The quantitative estimate of drug-likeness (QED) is 0.516. The third kappa shape index (κ3) is 2.90. The highest BCUT2D eigenvalue weighted by Crippen LogP contribution is 2.35. The topological polar surface area (TPSA) is 66.8 Å². The van der Waals surface area contributed by atoms with Gasteiger partial charge >= 0.3 is 5.97 Å². The monoisotopic (exact) mass is 266 g/mol. The molecular weight excluding hydrogens is 244 g/mol. The number of aliphatic hydroxyl groups is 2. The van der Waals surface area contributed by atoms with Gasteiger partial charge in [-0.2, -0.15) is 0 Å². The molecule has 0 aromatic carbocycles. The van der Waals surface area contributed by atoms with Crippen LogP contribution in [0.1, 0.15) is 33.6 Å². The summed E-state index contributed by atoms with van der Waals surface area (Å²) in [5.74, 6) is -0.471. The first kappa shape index (κ1) is 14.3. The summed E-state index contributed by atoms with van der Waals surface area (Å²) in [7, 11) is 0. The van der Waals surface area contributed by atoms with E-state index < -0.39 is 12.2 Å². The Morgan fingerprint density at radius 1 is 1.21 bits per heavy atom. The summed E-state index contributed by atoms with van der Waals surface area (Å²) < 4.78 is 5.35. The molecule has 0 aromatic heterocycles. The van der Waals surface area contributed by atoms with Gasteiger partial charge in [-0.25, -0.2) is 0 Å². The SMILES string of the molecule is CC1=CC2OC(=O)C(C)C2CC(O)C(C)=CCC1O. The molecule has 0 spiro atoms. The molecule has 106 valence electrons. The molecule has 5 atom stereocenters. The lowest BCUT2D eigenvalue weighted by atomic mass is 9.83. The number of rotatable bonds is 0. The largest absolute Gasteiger partial charge is 0.458 e. The predicted molar refractivity (Wildman–Crippen MR) is 71.3 cm³/mol. The zero-order valence-corrected chi connectivity index (χ0v) is 11.7. The number of esters is 1. The highest BCUT2D eigenvalue weighted by Gasteiger charge is 2.42. The smallest absolute Gasteiger partial charge is 0.309 e. The minimum atomic E-state index is -0.587. The maximum atomic E-state index is 11.7. The molecule has 0 radical (unpaired) electrons. The van der Waals surface area contributed by atoms with Crippen LogP contribution in [0, 0.1) is 11.8 Å². The van der Waals surface area contributed by atoms with E-state index in [2.05, 4.69) is 0 Å². The third-order valence-electron chi connectivity index (χ3n) is 4.33. The minimum absolute atomic E-state index is 0.0360. The van der Waals surface area contributed by atoms with E-state index in [9.17, 15) is 15.0 Å². The fourth-order valence-electron chi connectivity index (χ4n) is 2.72. The van der Waals surface area contributed by atoms with Gasteiger partial charge in [0, 0.05) is 5.92 Å². The first-order valence-corrected chi connectivity index (χ1v) is 6.81. The van der Waals surface area contributed by atoms with Gasteiger partial charge in [-0.1, -0.05) is 13.0 Å². The summed E-state index contributed by atoms with van der Waals surface area (Å²) in [6.45, 7) is 5.54. The number of hydrogen-bond donors (Lipinski definition) is 2. The second-order valence-corrected chi connectivity index (χ2v) is 5.72. The zero-order valence-electron chi connectivity index (χ0n) is 11.7. The highest BCUT2D eigenvalue weighted by atomic mass is 16.6. The fraction of sp³-hybridized carbons (Fsp3) is 0.667. The molecule has 2 rings (SSSR count). The molecule has 4 nitrogen and oxygen atoms in total. The standard InChI is InChI=1S/C15H22O4/c1-8-4-5-12(16)9(2)6-14-11(7-13(8)17)10(3)15(18)19-14/h4,6,10-14,16-17H,5,7H2,1-3H3.